The summed E-state index contributed by atoms with van der Waals surface area (Å²) in [5, 5.41) is 13.8. The first-order chi connectivity index (χ1) is 13.6. The van der Waals surface area contributed by atoms with E-state index in [1.54, 1.807) is 48.5 Å². The Morgan fingerprint density at radius 1 is 1.04 bits per heavy atom. The number of methoxy groups -OCH3 is 1. The molecule has 0 aliphatic carbocycles. The number of nitrogens with one attached hydrogen (secondary N) is 2. The van der Waals surface area contributed by atoms with Gasteiger partial charge in [-0.05, 0) is 36.8 Å². The molecular formula is C19H22N6O3. The highest BCUT2D eigenvalue weighted by Gasteiger charge is 2.08. The zero-order chi connectivity index (χ0) is 19.8. The molecule has 146 valence electrons. The van der Waals surface area contributed by atoms with Gasteiger partial charge in [-0.15, -0.1) is 0 Å². The summed E-state index contributed by atoms with van der Waals surface area (Å²) >= 11 is 0. The fraction of sp³-hybridized carbons (Fsp3) is 0.263. The maximum Gasteiger partial charge on any atom is 0.246 e. The number of amides is 2. The van der Waals surface area contributed by atoms with Gasteiger partial charge in [0.25, 0.3) is 0 Å². The predicted octanol–water partition coefficient (Wildman–Crippen LogP) is 2.15. The molecule has 3 rings (SSSR count). The maximum absolute atomic E-state index is 12.1. The van der Waals surface area contributed by atoms with E-state index in [1.165, 1.54) is 10.9 Å². The molecule has 2 heterocycles. The molecule has 9 heteroatoms. The van der Waals surface area contributed by atoms with Crippen LogP contribution in [0.25, 0.3) is 0 Å². The van der Waals surface area contributed by atoms with Crippen molar-refractivity contribution in [3.05, 3.63) is 55.1 Å². The Bertz CT molecular complexity index is 902. The first-order valence-corrected chi connectivity index (χ1v) is 8.86. The van der Waals surface area contributed by atoms with E-state index in [2.05, 4.69) is 20.8 Å². The fourth-order valence-corrected chi connectivity index (χ4v) is 2.59. The summed E-state index contributed by atoms with van der Waals surface area (Å²) in [4.78, 5) is 24.1. The third kappa shape index (κ3) is 5.70. The number of hydrogen-bond donors (Lipinski definition) is 2. The quantitative estimate of drug-likeness (QED) is 0.590. The SMILES string of the molecule is COc1ccc(NC(=O)Cn2cc(NC(=O)CCCn3cccn3)cn2)cc1. The van der Waals surface area contributed by atoms with Gasteiger partial charge in [0.05, 0.1) is 19.0 Å². The normalized spacial score (nSPS) is 10.5. The molecule has 0 fully saturated rings. The molecule has 2 N–H and O–H groups in total. The molecule has 0 saturated heterocycles. The monoisotopic (exact) mass is 382 g/mol. The van der Waals surface area contributed by atoms with Gasteiger partial charge in [0.2, 0.25) is 11.8 Å². The summed E-state index contributed by atoms with van der Waals surface area (Å²) in [6.45, 7) is 0.729. The zero-order valence-corrected chi connectivity index (χ0v) is 15.5. The maximum atomic E-state index is 12.1. The highest BCUT2D eigenvalue weighted by atomic mass is 16.5. The molecule has 0 spiro atoms. The van der Waals surface area contributed by atoms with Crippen LogP contribution in [-0.2, 0) is 22.7 Å². The van der Waals surface area contributed by atoms with E-state index in [-0.39, 0.29) is 18.4 Å². The van der Waals surface area contributed by atoms with Crippen LogP contribution in [0.3, 0.4) is 0 Å². The van der Waals surface area contributed by atoms with Crippen molar-refractivity contribution in [1.82, 2.24) is 19.6 Å². The van der Waals surface area contributed by atoms with Crippen LogP contribution in [0, 0.1) is 0 Å². The number of aromatic nitrogens is 4. The summed E-state index contributed by atoms with van der Waals surface area (Å²) in [5.41, 5.74) is 1.23. The van der Waals surface area contributed by atoms with Crippen molar-refractivity contribution < 1.29 is 14.3 Å². The second kappa shape index (κ2) is 9.36. The molecule has 28 heavy (non-hydrogen) atoms. The Kier molecular flexibility index (Phi) is 6.40. The van der Waals surface area contributed by atoms with Crippen LogP contribution in [0.15, 0.2) is 55.1 Å². The number of nitrogens with zero attached hydrogens (tertiary/aromatic N) is 4. The van der Waals surface area contributed by atoms with Gasteiger partial charge in [-0.2, -0.15) is 10.2 Å². The molecule has 0 radical (unpaired) electrons. The molecule has 9 nitrogen and oxygen atoms in total. The molecule has 0 bridgehead atoms. The van der Waals surface area contributed by atoms with Gasteiger partial charge in [-0.25, -0.2) is 0 Å². The number of ether oxygens (including phenoxy) is 1. The summed E-state index contributed by atoms with van der Waals surface area (Å²) in [7, 11) is 1.58. The molecule has 2 amide bonds. The van der Waals surface area contributed by atoms with Crippen molar-refractivity contribution in [2.24, 2.45) is 0 Å². The van der Waals surface area contributed by atoms with Crippen molar-refractivity contribution in [2.45, 2.75) is 25.9 Å². The van der Waals surface area contributed by atoms with Gasteiger partial charge >= 0.3 is 0 Å². The van der Waals surface area contributed by atoms with Crippen LogP contribution in [0.1, 0.15) is 12.8 Å². The molecule has 2 aromatic heterocycles. The Hall–Kier alpha value is -3.62. The van der Waals surface area contributed by atoms with Crippen LogP contribution >= 0.6 is 0 Å². The molecular weight excluding hydrogens is 360 g/mol. The molecule has 0 aliphatic heterocycles. The van der Waals surface area contributed by atoms with E-state index in [9.17, 15) is 9.59 Å². The summed E-state index contributed by atoms with van der Waals surface area (Å²) in [6, 6.07) is 8.90. The molecule has 1 aromatic carbocycles. The fourth-order valence-electron chi connectivity index (χ4n) is 2.59. The number of benzene rings is 1. The second-order valence-corrected chi connectivity index (χ2v) is 6.12. The van der Waals surface area contributed by atoms with E-state index < -0.39 is 0 Å². The van der Waals surface area contributed by atoms with Crippen LogP contribution in [0.2, 0.25) is 0 Å². The summed E-state index contributed by atoms with van der Waals surface area (Å²) in [6.07, 6.45) is 7.78. The van der Waals surface area contributed by atoms with E-state index in [0.717, 1.165) is 5.75 Å². The van der Waals surface area contributed by atoms with E-state index in [0.29, 0.717) is 30.8 Å². The summed E-state index contributed by atoms with van der Waals surface area (Å²) < 4.78 is 8.34. The number of aryl methyl sites for hydroxylation is 1. The third-order valence-corrected chi connectivity index (χ3v) is 3.95. The highest BCUT2D eigenvalue weighted by Crippen LogP contribution is 2.15. The molecule has 0 atom stereocenters. The Labute approximate surface area is 162 Å². The zero-order valence-electron chi connectivity index (χ0n) is 15.5. The van der Waals surface area contributed by atoms with E-state index in [4.69, 9.17) is 4.74 Å². The van der Waals surface area contributed by atoms with Crippen LogP contribution in [-0.4, -0.2) is 38.5 Å². The number of rotatable bonds is 9. The topological polar surface area (TPSA) is 103 Å². The van der Waals surface area contributed by atoms with Crippen LogP contribution < -0.4 is 15.4 Å². The number of carbonyl (C=O) groups is 2. The van der Waals surface area contributed by atoms with Crippen LogP contribution in [0.5, 0.6) is 5.75 Å². The Morgan fingerprint density at radius 2 is 1.82 bits per heavy atom. The largest absolute Gasteiger partial charge is 0.497 e. The lowest BCUT2D eigenvalue weighted by Gasteiger charge is -2.06. The van der Waals surface area contributed by atoms with Crippen molar-refractivity contribution in [1.29, 1.82) is 0 Å². The van der Waals surface area contributed by atoms with Gasteiger partial charge in [0.15, 0.2) is 0 Å². The standard InChI is InChI=1S/C19H22N6O3/c1-28-17-7-5-15(6-8-17)22-19(27)14-25-13-16(12-21-25)23-18(26)4-2-10-24-11-3-9-20-24/h3,5-9,11-13H,2,4,10,14H2,1H3,(H,22,27)(H,23,26). The minimum Gasteiger partial charge on any atom is -0.497 e. The van der Waals surface area contributed by atoms with Gasteiger partial charge in [0, 0.05) is 37.2 Å². The van der Waals surface area contributed by atoms with Crippen LogP contribution in [0.4, 0.5) is 11.4 Å². The van der Waals surface area contributed by atoms with E-state index >= 15 is 0 Å². The highest BCUT2D eigenvalue weighted by molar-refractivity contribution is 5.91. The smallest absolute Gasteiger partial charge is 0.246 e. The molecule has 3 aromatic rings. The van der Waals surface area contributed by atoms with Gasteiger partial charge in [0.1, 0.15) is 12.3 Å². The van der Waals surface area contributed by atoms with Crippen molar-refractivity contribution in [3.8, 4) is 5.75 Å². The predicted molar refractivity (Wildman–Crippen MR) is 104 cm³/mol. The average Bonchev–Trinajstić information content (AvgIpc) is 3.34. The Balaban J connectivity index is 1.42. The molecule has 0 saturated carbocycles. The minimum atomic E-state index is -0.217. The summed E-state index contributed by atoms with van der Waals surface area (Å²) in [5.74, 6) is 0.398. The van der Waals surface area contributed by atoms with Crippen molar-refractivity contribution >= 4 is 23.2 Å². The molecule has 0 aliphatic rings. The van der Waals surface area contributed by atoms with Crippen molar-refractivity contribution in [3.63, 3.8) is 0 Å². The lowest BCUT2D eigenvalue weighted by Crippen LogP contribution is -2.19. The number of anilines is 2. The lowest BCUT2D eigenvalue weighted by atomic mass is 10.3. The van der Waals surface area contributed by atoms with Crippen molar-refractivity contribution in [2.75, 3.05) is 17.7 Å². The van der Waals surface area contributed by atoms with Gasteiger partial charge in [-0.3, -0.25) is 19.0 Å². The van der Waals surface area contributed by atoms with E-state index in [1.807, 2.05) is 12.3 Å². The average molecular weight is 382 g/mol. The van der Waals surface area contributed by atoms with Gasteiger partial charge < -0.3 is 15.4 Å². The first kappa shape index (κ1) is 19.2. The lowest BCUT2D eigenvalue weighted by molar-refractivity contribution is -0.117. The minimum absolute atomic E-state index is 0.0429. The third-order valence-electron chi connectivity index (χ3n) is 3.95. The number of hydrogen-bond acceptors (Lipinski definition) is 5. The second-order valence-electron chi connectivity index (χ2n) is 6.12. The molecule has 0 unspecified atom stereocenters. The first-order valence-electron chi connectivity index (χ1n) is 8.86. The number of carbonyl (C=O) groups excluding carboxylic acids is 2. The Morgan fingerprint density at radius 3 is 2.54 bits per heavy atom. The van der Waals surface area contributed by atoms with Gasteiger partial charge in [-0.1, -0.05) is 0 Å².